The molecule has 148 valence electrons. The highest BCUT2D eigenvalue weighted by Crippen LogP contribution is 2.30. The highest BCUT2D eigenvalue weighted by atomic mass is 16.6. The third-order valence-corrected chi connectivity index (χ3v) is 3.59. The molecule has 0 aliphatic carbocycles. The number of anilines is 1. The zero-order valence-corrected chi connectivity index (χ0v) is 16.7. The molecule has 1 aromatic carbocycles. The van der Waals surface area contributed by atoms with Crippen molar-refractivity contribution in [3.63, 3.8) is 0 Å². The van der Waals surface area contributed by atoms with Crippen LogP contribution in [0.25, 0.3) is 0 Å². The first-order valence-corrected chi connectivity index (χ1v) is 9.30. The number of rotatable bonds is 10. The van der Waals surface area contributed by atoms with Crippen LogP contribution in [0.3, 0.4) is 0 Å². The monoisotopic (exact) mass is 373 g/mol. The summed E-state index contributed by atoms with van der Waals surface area (Å²) in [7, 11) is 0. The van der Waals surface area contributed by atoms with Crippen molar-refractivity contribution in [3.05, 3.63) is 49.6 Å². The van der Waals surface area contributed by atoms with E-state index in [9.17, 15) is 9.59 Å². The minimum atomic E-state index is -0.631. The predicted molar refractivity (Wildman–Crippen MR) is 109 cm³/mol. The number of allylic oxidation sites excluding steroid dienone is 1. The molecule has 0 N–H and O–H groups in total. The number of hydrogen-bond acceptors (Lipinski definition) is 4. The average Bonchev–Trinajstić information content (AvgIpc) is 2.58. The van der Waals surface area contributed by atoms with E-state index < -0.39 is 11.7 Å². The second-order valence-corrected chi connectivity index (χ2v) is 7.21. The summed E-state index contributed by atoms with van der Waals surface area (Å²) in [6.07, 6.45) is 6.96. The molecule has 27 heavy (non-hydrogen) atoms. The van der Waals surface area contributed by atoms with Crippen LogP contribution in [0.5, 0.6) is 5.75 Å². The van der Waals surface area contributed by atoms with Crippen LogP contribution >= 0.6 is 0 Å². The minimum Gasteiger partial charge on any atom is -0.443 e. The van der Waals surface area contributed by atoms with Crippen molar-refractivity contribution >= 4 is 17.7 Å². The van der Waals surface area contributed by atoms with Crippen LogP contribution in [0.4, 0.5) is 10.5 Å². The lowest BCUT2D eigenvalue weighted by atomic mass is 10.1. The Kier molecular flexibility index (Phi) is 9.34. The highest BCUT2D eigenvalue weighted by Gasteiger charge is 2.25. The number of benzene rings is 1. The van der Waals surface area contributed by atoms with E-state index in [1.54, 1.807) is 51.1 Å². The summed E-state index contributed by atoms with van der Waals surface area (Å²) < 4.78 is 11.0. The van der Waals surface area contributed by atoms with Crippen molar-refractivity contribution in [1.82, 2.24) is 0 Å². The number of carbonyl (C=O) groups is 2. The lowest BCUT2D eigenvalue weighted by molar-refractivity contribution is -0.134. The molecule has 0 aliphatic heterocycles. The molecule has 0 aromatic heterocycles. The number of esters is 1. The summed E-state index contributed by atoms with van der Waals surface area (Å²) >= 11 is 0. The van der Waals surface area contributed by atoms with E-state index in [0.717, 1.165) is 25.7 Å². The van der Waals surface area contributed by atoms with Gasteiger partial charge in [0, 0.05) is 13.0 Å². The van der Waals surface area contributed by atoms with Gasteiger partial charge in [-0.05, 0) is 52.2 Å². The highest BCUT2D eigenvalue weighted by molar-refractivity contribution is 5.91. The molecule has 0 atom stereocenters. The number of hydrogen-bond donors (Lipinski definition) is 0. The fourth-order valence-electron chi connectivity index (χ4n) is 2.39. The normalized spacial score (nSPS) is 10.8. The number of para-hydroxylation sites is 2. The van der Waals surface area contributed by atoms with Gasteiger partial charge < -0.3 is 9.47 Å². The lowest BCUT2D eigenvalue weighted by Gasteiger charge is -2.27. The first kappa shape index (κ1) is 22.5. The van der Waals surface area contributed by atoms with Gasteiger partial charge in [0.1, 0.15) is 5.60 Å². The van der Waals surface area contributed by atoms with Gasteiger partial charge in [-0.2, -0.15) is 0 Å². The van der Waals surface area contributed by atoms with Gasteiger partial charge in [0.15, 0.2) is 5.75 Å². The third kappa shape index (κ3) is 8.58. The van der Waals surface area contributed by atoms with Crippen LogP contribution in [0.15, 0.2) is 49.6 Å². The molecular formula is C22H31NO4. The molecule has 5 nitrogen and oxygen atoms in total. The van der Waals surface area contributed by atoms with Crippen LogP contribution in [-0.2, 0) is 9.53 Å². The summed E-state index contributed by atoms with van der Waals surface area (Å²) in [4.78, 5) is 26.2. The van der Waals surface area contributed by atoms with Crippen LogP contribution in [-0.4, -0.2) is 24.2 Å². The maximum atomic E-state index is 12.6. The Bertz CT molecular complexity index is 646. The quantitative estimate of drug-likeness (QED) is 0.230. The number of unbranched alkanes of at least 4 members (excludes halogenated alkanes) is 3. The predicted octanol–water partition coefficient (Wildman–Crippen LogP) is 5.66. The molecule has 0 spiro atoms. The van der Waals surface area contributed by atoms with Gasteiger partial charge in [-0.25, -0.2) is 4.79 Å². The number of carbonyl (C=O) groups excluding carboxylic acids is 2. The molecule has 0 unspecified atom stereocenters. The molecule has 5 heteroatoms. The van der Waals surface area contributed by atoms with E-state index in [0.29, 0.717) is 17.9 Å². The largest absolute Gasteiger partial charge is 0.443 e. The molecule has 0 heterocycles. The number of amides is 1. The minimum absolute atomic E-state index is 0.241. The summed E-state index contributed by atoms with van der Waals surface area (Å²) in [6, 6.07) is 6.94. The molecule has 0 aliphatic rings. The van der Waals surface area contributed by atoms with Gasteiger partial charge in [-0.3, -0.25) is 9.69 Å². The second-order valence-electron chi connectivity index (χ2n) is 7.21. The summed E-state index contributed by atoms with van der Waals surface area (Å²) in [6.45, 7) is 13.0. The molecule has 0 saturated carbocycles. The lowest BCUT2D eigenvalue weighted by Crippen LogP contribution is -2.37. The zero-order valence-electron chi connectivity index (χ0n) is 16.7. The van der Waals surface area contributed by atoms with Crippen LogP contribution in [0.2, 0.25) is 0 Å². The number of nitrogens with zero attached hydrogens (tertiary/aromatic N) is 1. The van der Waals surface area contributed by atoms with Crippen LogP contribution in [0.1, 0.15) is 52.9 Å². The molecule has 0 saturated heterocycles. The molecule has 1 amide bonds. The maximum Gasteiger partial charge on any atom is 0.415 e. The molecule has 1 aromatic rings. The second kappa shape index (κ2) is 11.2. The molecule has 0 bridgehead atoms. The smallest absolute Gasteiger partial charge is 0.415 e. The summed E-state index contributed by atoms with van der Waals surface area (Å²) in [5.74, 6) is 0.0186. The van der Waals surface area contributed by atoms with Gasteiger partial charge in [0.25, 0.3) is 0 Å². The van der Waals surface area contributed by atoms with E-state index in [2.05, 4.69) is 13.2 Å². The van der Waals surface area contributed by atoms with Crippen molar-refractivity contribution in [2.75, 3.05) is 11.4 Å². The van der Waals surface area contributed by atoms with Gasteiger partial charge >= 0.3 is 12.1 Å². The third-order valence-electron chi connectivity index (χ3n) is 3.59. The first-order valence-electron chi connectivity index (χ1n) is 9.30. The summed E-state index contributed by atoms with van der Waals surface area (Å²) in [5, 5.41) is 0. The first-order chi connectivity index (χ1) is 12.8. The Balaban J connectivity index is 2.85. The Hall–Kier alpha value is -2.56. The van der Waals surface area contributed by atoms with Crippen LogP contribution in [0, 0.1) is 0 Å². The topological polar surface area (TPSA) is 55.8 Å². The van der Waals surface area contributed by atoms with Gasteiger partial charge in [0.2, 0.25) is 0 Å². The molecular weight excluding hydrogens is 342 g/mol. The SMILES string of the molecule is C=CCCCCCC(=O)Oc1ccccc1N(CC=C)C(=O)OC(C)(C)C. The van der Waals surface area contributed by atoms with Gasteiger partial charge in [-0.15, -0.1) is 13.2 Å². The van der Waals surface area contributed by atoms with Crippen molar-refractivity contribution in [2.45, 2.75) is 58.5 Å². The fourth-order valence-corrected chi connectivity index (χ4v) is 2.39. The van der Waals surface area contributed by atoms with Crippen LogP contribution < -0.4 is 9.64 Å². The van der Waals surface area contributed by atoms with Crippen molar-refractivity contribution in [3.8, 4) is 5.75 Å². The Morgan fingerprint density at radius 2 is 1.78 bits per heavy atom. The van der Waals surface area contributed by atoms with Gasteiger partial charge in [-0.1, -0.05) is 30.7 Å². The molecule has 0 radical (unpaired) electrons. The van der Waals surface area contributed by atoms with E-state index in [1.807, 2.05) is 6.08 Å². The fraction of sp³-hybridized carbons (Fsp3) is 0.455. The van der Waals surface area contributed by atoms with E-state index >= 15 is 0 Å². The van der Waals surface area contributed by atoms with Crippen molar-refractivity contribution < 1.29 is 19.1 Å². The Morgan fingerprint density at radius 1 is 1.07 bits per heavy atom. The Morgan fingerprint density at radius 3 is 2.41 bits per heavy atom. The maximum absolute atomic E-state index is 12.6. The summed E-state index contributed by atoms with van der Waals surface area (Å²) in [5.41, 5.74) is -0.153. The van der Waals surface area contributed by atoms with E-state index in [4.69, 9.17) is 9.47 Å². The molecule has 0 fully saturated rings. The standard InChI is InChI=1S/C22H31NO4/c1-6-8-9-10-11-16-20(24)26-19-15-13-12-14-18(19)23(17-7-2)21(25)27-22(3,4)5/h6-7,12-15H,1-2,8-11,16-17H2,3-5H3. The average molecular weight is 373 g/mol. The van der Waals surface area contributed by atoms with Crippen molar-refractivity contribution in [1.29, 1.82) is 0 Å². The van der Waals surface area contributed by atoms with Gasteiger partial charge in [0.05, 0.1) is 5.69 Å². The Labute approximate surface area is 162 Å². The van der Waals surface area contributed by atoms with E-state index in [-0.39, 0.29) is 12.5 Å². The zero-order chi connectivity index (χ0) is 20.3. The molecule has 1 rings (SSSR count). The number of ether oxygens (including phenoxy) is 2. The van der Waals surface area contributed by atoms with E-state index in [1.165, 1.54) is 4.90 Å². The van der Waals surface area contributed by atoms with Crippen molar-refractivity contribution in [2.24, 2.45) is 0 Å².